The van der Waals surface area contributed by atoms with Crippen molar-refractivity contribution in [2.75, 3.05) is 33.7 Å². The number of aliphatic carboxylic acids is 1. The van der Waals surface area contributed by atoms with Crippen molar-refractivity contribution < 1.29 is 19.4 Å². The highest BCUT2D eigenvalue weighted by Gasteiger charge is 2.18. The molecule has 0 aromatic heterocycles. The van der Waals surface area contributed by atoms with Gasteiger partial charge in [0.25, 0.3) is 0 Å². The van der Waals surface area contributed by atoms with Crippen LogP contribution >= 0.6 is 0 Å². The number of hydrogen-bond donors (Lipinski definition) is 1. The first-order valence-electron chi connectivity index (χ1n) is 5.87. The van der Waals surface area contributed by atoms with Crippen molar-refractivity contribution in [1.29, 1.82) is 0 Å². The number of amides is 1. The molecule has 0 heterocycles. The molecule has 1 rings (SSSR count). The van der Waals surface area contributed by atoms with Gasteiger partial charge in [0.1, 0.15) is 12.3 Å². The van der Waals surface area contributed by atoms with E-state index in [0.717, 1.165) is 4.90 Å². The molecule has 0 aliphatic heterocycles. The summed E-state index contributed by atoms with van der Waals surface area (Å²) in [6.45, 7) is 0.488. The fourth-order valence-electron chi connectivity index (χ4n) is 1.37. The summed E-state index contributed by atoms with van der Waals surface area (Å²) in [6, 6.07) is 8.57. The topological polar surface area (TPSA) is 70.1 Å². The summed E-state index contributed by atoms with van der Waals surface area (Å²) in [6.07, 6.45) is -0.657. The van der Waals surface area contributed by atoms with E-state index < -0.39 is 12.1 Å². The molecule has 0 saturated heterocycles. The van der Waals surface area contributed by atoms with Gasteiger partial charge in [0.2, 0.25) is 0 Å². The van der Waals surface area contributed by atoms with Crippen LogP contribution in [0.5, 0.6) is 5.75 Å². The van der Waals surface area contributed by atoms with Gasteiger partial charge in [-0.05, 0) is 26.2 Å². The number of carbonyl (C=O) groups is 2. The molecule has 6 heteroatoms. The van der Waals surface area contributed by atoms with Crippen molar-refractivity contribution in [3.05, 3.63) is 30.3 Å². The van der Waals surface area contributed by atoms with E-state index in [9.17, 15) is 9.59 Å². The van der Waals surface area contributed by atoms with Crippen LogP contribution in [-0.2, 0) is 4.79 Å². The Morgan fingerprint density at radius 2 is 1.79 bits per heavy atom. The van der Waals surface area contributed by atoms with E-state index in [2.05, 4.69) is 0 Å². The highest BCUT2D eigenvalue weighted by atomic mass is 16.6. The molecular formula is C13H18N2O4. The fraction of sp³-hybridized carbons (Fsp3) is 0.385. The molecule has 0 fully saturated rings. The summed E-state index contributed by atoms with van der Waals surface area (Å²) in [4.78, 5) is 25.7. The lowest BCUT2D eigenvalue weighted by Crippen LogP contribution is -2.41. The lowest BCUT2D eigenvalue weighted by Gasteiger charge is -2.21. The summed E-state index contributed by atoms with van der Waals surface area (Å²) in [5, 5.41) is 8.80. The van der Waals surface area contributed by atoms with E-state index >= 15 is 0 Å². The van der Waals surface area contributed by atoms with E-state index in [1.807, 2.05) is 19.0 Å². The monoisotopic (exact) mass is 266 g/mol. The Labute approximate surface area is 112 Å². The number of likely N-dealkylation sites (N-methyl/N-ethyl adjacent to an activating group) is 1. The second-order valence-electron chi connectivity index (χ2n) is 4.30. The van der Waals surface area contributed by atoms with Gasteiger partial charge in [0.05, 0.1) is 0 Å². The average molecular weight is 266 g/mol. The Kier molecular flexibility index (Phi) is 5.81. The summed E-state index contributed by atoms with van der Waals surface area (Å²) in [5.74, 6) is -0.670. The van der Waals surface area contributed by atoms with Crippen molar-refractivity contribution >= 4 is 12.1 Å². The summed E-state index contributed by atoms with van der Waals surface area (Å²) < 4.78 is 5.11. The molecule has 0 aliphatic carbocycles. The minimum Gasteiger partial charge on any atom is -0.480 e. The number of carbonyl (C=O) groups excluding carboxylic acids is 1. The first-order chi connectivity index (χ1) is 8.99. The molecule has 0 bridgehead atoms. The van der Waals surface area contributed by atoms with Gasteiger partial charge in [-0.1, -0.05) is 18.2 Å². The quantitative estimate of drug-likeness (QED) is 0.836. The number of para-hydroxylation sites is 1. The Morgan fingerprint density at radius 3 is 2.32 bits per heavy atom. The lowest BCUT2D eigenvalue weighted by molar-refractivity contribution is -0.137. The Balaban J connectivity index is 2.62. The van der Waals surface area contributed by atoms with Gasteiger partial charge in [-0.25, -0.2) is 4.79 Å². The number of nitrogens with zero attached hydrogens (tertiary/aromatic N) is 2. The van der Waals surface area contributed by atoms with E-state index in [-0.39, 0.29) is 6.54 Å². The number of carboxylic acids is 1. The standard InChI is InChI=1S/C13H18N2O4/c1-14(2)8-9-15(10-12(16)17)13(18)19-11-6-4-3-5-7-11/h3-7H,8-10H2,1-2H3,(H,16,17). The third kappa shape index (κ3) is 5.87. The number of ether oxygens (including phenoxy) is 1. The van der Waals surface area contributed by atoms with Crippen LogP contribution in [0.25, 0.3) is 0 Å². The molecule has 0 unspecified atom stereocenters. The van der Waals surface area contributed by atoms with Crippen LogP contribution in [0, 0.1) is 0 Å². The van der Waals surface area contributed by atoms with E-state index in [1.54, 1.807) is 30.3 Å². The predicted octanol–water partition coefficient (Wildman–Crippen LogP) is 1.13. The molecule has 0 spiro atoms. The second kappa shape index (κ2) is 7.38. The molecule has 0 atom stereocenters. The van der Waals surface area contributed by atoms with E-state index in [0.29, 0.717) is 18.8 Å². The predicted molar refractivity (Wildman–Crippen MR) is 70.2 cm³/mol. The van der Waals surface area contributed by atoms with Crippen molar-refractivity contribution in [3.63, 3.8) is 0 Å². The van der Waals surface area contributed by atoms with Gasteiger partial charge in [-0.15, -0.1) is 0 Å². The first kappa shape index (κ1) is 15.0. The molecule has 1 aromatic rings. The largest absolute Gasteiger partial charge is 0.480 e. The maximum atomic E-state index is 11.9. The van der Waals surface area contributed by atoms with E-state index in [1.165, 1.54) is 0 Å². The van der Waals surface area contributed by atoms with Gasteiger partial charge < -0.3 is 14.7 Å². The van der Waals surface area contributed by atoms with Crippen LogP contribution in [-0.4, -0.2) is 60.7 Å². The zero-order chi connectivity index (χ0) is 14.3. The molecule has 19 heavy (non-hydrogen) atoms. The van der Waals surface area contributed by atoms with Crippen LogP contribution in [0.3, 0.4) is 0 Å². The number of benzene rings is 1. The normalized spacial score (nSPS) is 10.3. The molecule has 0 aliphatic rings. The maximum Gasteiger partial charge on any atom is 0.415 e. The van der Waals surface area contributed by atoms with Crippen molar-refractivity contribution in [3.8, 4) is 5.75 Å². The van der Waals surface area contributed by atoms with Gasteiger partial charge >= 0.3 is 12.1 Å². The van der Waals surface area contributed by atoms with Crippen LogP contribution in [0.2, 0.25) is 0 Å². The molecule has 0 saturated carbocycles. The molecule has 0 radical (unpaired) electrons. The summed E-state index contributed by atoms with van der Waals surface area (Å²) in [5.41, 5.74) is 0. The molecule has 6 nitrogen and oxygen atoms in total. The Hall–Kier alpha value is -2.08. The zero-order valence-corrected chi connectivity index (χ0v) is 11.1. The van der Waals surface area contributed by atoms with Crippen molar-refractivity contribution in [2.24, 2.45) is 0 Å². The van der Waals surface area contributed by atoms with Gasteiger partial charge in [0.15, 0.2) is 0 Å². The third-order valence-electron chi connectivity index (χ3n) is 2.35. The van der Waals surface area contributed by atoms with Gasteiger partial charge in [-0.3, -0.25) is 9.69 Å². The van der Waals surface area contributed by atoms with Crippen LogP contribution in [0.15, 0.2) is 30.3 Å². The number of hydrogen-bond acceptors (Lipinski definition) is 4. The minimum absolute atomic E-state index is 0.297. The first-order valence-corrected chi connectivity index (χ1v) is 5.87. The molecule has 1 aromatic carbocycles. The van der Waals surface area contributed by atoms with Crippen molar-refractivity contribution in [2.45, 2.75) is 0 Å². The molecule has 1 N–H and O–H groups in total. The average Bonchev–Trinajstić information content (AvgIpc) is 2.35. The zero-order valence-electron chi connectivity index (χ0n) is 11.1. The van der Waals surface area contributed by atoms with Gasteiger partial charge in [0, 0.05) is 13.1 Å². The van der Waals surface area contributed by atoms with Crippen LogP contribution < -0.4 is 4.74 Å². The molecular weight excluding hydrogens is 248 g/mol. The SMILES string of the molecule is CN(C)CCN(CC(=O)O)C(=O)Oc1ccccc1. The Bertz CT molecular complexity index is 420. The van der Waals surface area contributed by atoms with E-state index in [4.69, 9.17) is 9.84 Å². The fourth-order valence-corrected chi connectivity index (χ4v) is 1.37. The second-order valence-corrected chi connectivity index (χ2v) is 4.30. The highest BCUT2D eigenvalue weighted by molar-refractivity contribution is 5.78. The number of rotatable bonds is 6. The number of carboxylic acid groups (broad SMARTS) is 1. The summed E-state index contributed by atoms with van der Waals surface area (Å²) >= 11 is 0. The van der Waals surface area contributed by atoms with Crippen LogP contribution in [0.1, 0.15) is 0 Å². The third-order valence-corrected chi connectivity index (χ3v) is 2.35. The molecule has 1 amide bonds. The minimum atomic E-state index is -1.07. The Morgan fingerprint density at radius 1 is 1.16 bits per heavy atom. The lowest BCUT2D eigenvalue weighted by atomic mass is 10.3. The smallest absolute Gasteiger partial charge is 0.415 e. The highest BCUT2D eigenvalue weighted by Crippen LogP contribution is 2.10. The summed E-state index contributed by atoms with van der Waals surface area (Å²) in [7, 11) is 3.70. The van der Waals surface area contributed by atoms with Crippen LogP contribution in [0.4, 0.5) is 4.79 Å². The van der Waals surface area contributed by atoms with Gasteiger partial charge in [-0.2, -0.15) is 0 Å². The molecule has 104 valence electrons. The van der Waals surface area contributed by atoms with Crippen molar-refractivity contribution in [1.82, 2.24) is 9.80 Å². The maximum absolute atomic E-state index is 11.9.